The molecule has 0 aliphatic carbocycles. The fourth-order valence-electron chi connectivity index (χ4n) is 3.29. The van der Waals surface area contributed by atoms with Gasteiger partial charge < -0.3 is 5.11 Å². The minimum absolute atomic E-state index is 0.0448. The van der Waals surface area contributed by atoms with Crippen LogP contribution in [-0.2, 0) is 14.8 Å². The summed E-state index contributed by atoms with van der Waals surface area (Å²) in [6.07, 6.45) is 0. The topological polar surface area (TPSA) is 74.7 Å². The van der Waals surface area contributed by atoms with Crippen LogP contribution < -0.4 is 0 Å². The number of carbonyl (C=O) groups is 1. The van der Waals surface area contributed by atoms with E-state index in [0.717, 1.165) is 9.87 Å². The number of carboxylic acids is 1. The fraction of sp³-hybridized carbons (Fsp3) is 0.316. The third-order valence-corrected chi connectivity index (χ3v) is 8.46. The van der Waals surface area contributed by atoms with Gasteiger partial charge in [-0.1, -0.05) is 35.3 Å². The Hall–Kier alpha value is -1.25. The summed E-state index contributed by atoms with van der Waals surface area (Å²) in [6.45, 7) is 3.65. The molecule has 0 amide bonds. The Kier molecular flexibility index (Phi) is 6.04. The molecular weight excluding hydrogens is 441 g/mol. The molecule has 1 saturated heterocycles. The first kappa shape index (κ1) is 21.5. The van der Waals surface area contributed by atoms with Crippen LogP contribution in [-0.4, -0.2) is 46.9 Å². The Morgan fingerprint density at radius 1 is 1.18 bits per heavy atom. The average molecular weight is 460 g/mol. The van der Waals surface area contributed by atoms with Crippen molar-refractivity contribution < 1.29 is 18.3 Å². The van der Waals surface area contributed by atoms with Gasteiger partial charge in [-0.15, -0.1) is 0 Å². The first-order chi connectivity index (χ1) is 13.0. The zero-order valence-corrected chi connectivity index (χ0v) is 18.4. The first-order valence-corrected chi connectivity index (χ1v) is 11.7. The minimum Gasteiger partial charge on any atom is -0.480 e. The second-order valence-electron chi connectivity index (χ2n) is 6.96. The molecule has 1 atom stereocenters. The monoisotopic (exact) mass is 459 g/mol. The second kappa shape index (κ2) is 7.88. The summed E-state index contributed by atoms with van der Waals surface area (Å²) in [5, 5.41) is 10.7. The van der Waals surface area contributed by atoms with E-state index in [0.29, 0.717) is 21.4 Å². The maximum atomic E-state index is 13.2. The number of rotatable bonds is 4. The molecule has 1 unspecified atom stereocenters. The number of aliphatic carboxylic acids is 1. The smallest absolute Gasteiger partial charge is 0.323 e. The zero-order chi connectivity index (χ0) is 20.7. The molecule has 1 aliphatic rings. The molecule has 0 saturated carbocycles. The number of benzene rings is 2. The van der Waals surface area contributed by atoms with E-state index in [1.165, 1.54) is 23.9 Å². The van der Waals surface area contributed by atoms with Crippen molar-refractivity contribution >= 4 is 51.0 Å². The van der Waals surface area contributed by atoms with E-state index in [4.69, 9.17) is 23.2 Å². The van der Waals surface area contributed by atoms with Crippen molar-refractivity contribution in [2.45, 2.75) is 29.5 Å². The van der Waals surface area contributed by atoms with E-state index < -0.39 is 26.8 Å². The lowest BCUT2D eigenvalue weighted by molar-refractivity contribution is -0.142. The van der Waals surface area contributed by atoms with Crippen LogP contribution in [0.25, 0.3) is 11.1 Å². The molecule has 0 bridgehead atoms. The van der Waals surface area contributed by atoms with Gasteiger partial charge in [0.2, 0.25) is 10.0 Å². The molecule has 1 fully saturated rings. The Labute approximate surface area is 178 Å². The SMILES string of the molecule is CC1(C)SCCN(S(=O)(=O)c2ccc(-c3cc(Cl)ccc3Cl)cc2)C1C(=O)O. The first-order valence-electron chi connectivity index (χ1n) is 8.48. The Balaban J connectivity index is 1.98. The van der Waals surface area contributed by atoms with Crippen molar-refractivity contribution in [3.05, 3.63) is 52.5 Å². The van der Waals surface area contributed by atoms with Crippen LogP contribution in [0.3, 0.4) is 0 Å². The molecule has 2 aromatic rings. The van der Waals surface area contributed by atoms with Crippen molar-refractivity contribution in [3.63, 3.8) is 0 Å². The highest BCUT2D eigenvalue weighted by molar-refractivity contribution is 8.00. The van der Waals surface area contributed by atoms with E-state index >= 15 is 0 Å². The third-order valence-electron chi connectivity index (χ3n) is 4.67. The molecular formula is C19H19Cl2NO4S2. The van der Waals surface area contributed by atoms with Crippen LogP contribution >= 0.6 is 35.0 Å². The summed E-state index contributed by atoms with van der Waals surface area (Å²) >= 11 is 13.7. The second-order valence-corrected chi connectivity index (χ2v) is 11.4. The van der Waals surface area contributed by atoms with Gasteiger partial charge in [-0.3, -0.25) is 4.79 Å². The van der Waals surface area contributed by atoms with Crippen molar-refractivity contribution in [2.75, 3.05) is 12.3 Å². The number of halogens is 2. The quantitative estimate of drug-likeness (QED) is 0.720. The maximum absolute atomic E-state index is 13.2. The molecule has 2 aromatic carbocycles. The fourth-order valence-corrected chi connectivity index (χ4v) is 6.79. The Morgan fingerprint density at radius 3 is 2.43 bits per heavy atom. The van der Waals surface area contributed by atoms with Crippen molar-refractivity contribution in [1.82, 2.24) is 4.31 Å². The molecule has 5 nitrogen and oxygen atoms in total. The number of hydrogen-bond donors (Lipinski definition) is 1. The van der Waals surface area contributed by atoms with Gasteiger partial charge in [0, 0.05) is 32.7 Å². The predicted molar refractivity (Wildman–Crippen MR) is 114 cm³/mol. The molecule has 0 aromatic heterocycles. The standard InChI is InChI=1S/C19H19Cl2NO4S2/c1-19(2)17(18(23)24)22(9-10-27-19)28(25,26)14-6-3-12(4-7-14)15-11-13(20)5-8-16(15)21/h3-8,11,17H,9-10H2,1-2H3,(H,23,24). The van der Waals surface area contributed by atoms with Crippen LogP contribution in [0.5, 0.6) is 0 Å². The van der Waals surface area contributed by atoms with Gasteiger partial charge in [-0.2, -0.15) is 16.1 Å². The molecule has 1 aliphatic heterocycles. The van der Waals surface area contributed by atoms with Gasteiger partial charge in [0.25, 0.3) is 0 Å². The molecule has 0 spiro atoms. The van der Waals surface area contributed by atoms with Gasteiger partial charge in [-0.25, -0.2) is 8.42 Å². The molecule has 0 radical (unpaired) electrons. The molecule has 150 valence electrons. The van der Waals surface area contributed by atoms with Crippen LogP contribution in [0.2, 0.25) is 10.0 Å². The Bertz CT molecular complexity index is 1010. The van der Waals surface area contributed by atoms with Crippen molar-refractivity contribution in [1.29, 1.82) is 0 Å². The van der Waals surface area contributed by atoms with Crippen molar-refractivity contribution in [3.8, 4) is 11.1 Å². The number of hydrogen-bond acceptors (Lipinski definition) is 4. The lowest BCUT2D eigenvalue weighted by Crippen LogP contribution is -2.58. The normalized spacial score (nSPS) is 20.1. The van der Waals surface area contributed by atoms with Gasteiger partial charge in [0.05, 0.1) is 4.90 Å². The zero-order valence-electron chi connectivity index (χ0n) is 15.2. The molecule has 1 N–H and O–H groups in total. The van der Waals surface area contributed by atoms with Crippen molar-refractivity contribution in [2.24, 2.45) is 0 Å². The van der Waals surface area contributed by atoms with E-state index in [2.05, 4.69) is 0 Å². The highest BCUT2D eigenvalue weighted by atomic mass is 35.5. The summed E-state index contributed by atoms with van der Waals surface area (Å²) in [5.41, 5.74) is 1.41. The van der Waals surface area contributed by atoms with Crippen LogP contribution in [0, 0.1) is 0 Å². The van der Waals surface area contributed by atoms with Gasteiger partial charge in [0.15, 0.2) is 0 Å². The number of sulfonamides is 1. The summed E-state index contributed by atoms with van der Waals surface area (Å²) in [6, 6.07) is 10.1. The average Bonchev–Trinajstić information content (AvgIpc) is 2.62. The van der Waals surface area contributed by atoms with E-state index in [9.17, 15) is 18.3 Å². The summed E-state index contributed by atoms with van der Waals surface area (Å²) in [4.78, 5) is 11.9. The maximum Gasteiger partial charge on any atom is 0.323 e. The van der Waals surface area contributed by atoms with Crippen LogP contribution in [0.15, 0.2) is 47.4 Å². The number of carboxylic acid groups (broad SMARTS) is 1. The van der Waals surface area contributed by atoms with Crippen LogP contribution in [0.4, 0.5) is 0 Å². The lowest BCUT2D eigenvalue weighted by Gasteiger charge is -2.42. The van der Waals surface area contributed by atoms with E-state index in [1.807, 2.05) is 0 Å². The molecule has 9 heteroatoms. The lowest BCUT2D eigenvalue weighted by atomic mass is 10.0. The van der Waals surface area contributed by atoms with E-state index in [-0.39, 0.29) is 11.4 Å². The highest BCUT2D eigenvalue weighted by Gasteiger charge is 2.48. The molecule has 1 heterocycles. The molecule has 3 rings (SSSR count). The minimum atomic E-state index is -3.96. The largest absolute Gasteiger partial charge is 0.480 e. The van der Waals surface area contributed by atoms with Crippen LogP contribution in [0.1, 0.15) is 13.8 Å². The summed E-state index contributed by atoms with van der Waals surface area (Å²) in [7, 11) is -3.96. The highest BCUT2D eigenvalue weighted by Crippen LogP contribution is 2.39. The number of thioether (sulfide) groups is 1. The predicted octanol–water partition coefficient (Wildman–Crippen LogP) is 4.63. The van der Waals surface area contributed by atoms with Gasteiger partial charge >= 0.3 is 5.97 Å². The summed E-state index contributed by atoms with van der Waals surface area (Å²) < 4.78 is 26.7. The molecule has 28 heavy (non-hydrogen) atoms. The van der Waals surface area contributed by atoms with Gasteiger partial charge in [0.1, 0.15) is 6.04 Å². The van der Waals surface area contributed by atoms with Gasteiger partial charge in [-0.05, 0) is 49.7 Å². The Morgan fingerprint density at radius 2 is 1.82 bits per heavy atom. The summed E-state index contributed by atoms with van der Waals surface area (Å²) in [5.74, 6) is -0.616. The third kappa shape index (κ3) is 4.04. The van der Waals surface area contributed by atoms with E-state index in [1.54, 1.807) is 44.2 Å². The number of nitrogens with zero attached hydrogens (tertiary/aromatic N) is 1.